The van der Waals surface area contributed by atoms with Gasteiger partial charge in [-0.05, 0) is 54.1 Å². The zero-order valence-corrected chi connectivity index (χ0v) is 16.6. The third kappa shape index (κ3) is 4.47. The fourth-order valence-corrected chi connectivity index (χ4v) is 3.09. The van der Waals surface area contributed by atoms with E-state index in [4.69, 9.17) is 9.47 Å². The third-order valence-electron chi connectivity index (χ3n) is 4.66. The summed E-state index contributed by atoms with van der Waals surface area (Å²) in [5.41, 5.74) is 4.16. The summed E-state index contributed by atoms with van der Waals surface area (Å²) < 4.78 is 12.6. The number of carbonyl (C=O) groups excluding carboxylic acids is 1. The number of imidazole rings is 1. The maximum Gasteiger partial charge on any atom is 0.251 e. The second-order valence-corrected chi connectivity index (χ2v) is 6.70. The van der Waals surface area contributed by atoms with Gasteiger partial charge in [-0.1, -0.05) is 6.07 Å². The van der Waals surface area contributed by atoms with Crippen molar-refractivity contribution >= 4 is 16.9 Å². The summed E-state index contributed by atoms with van der Waals surface area (Å²) in [5.74, 6) is 0.639. The highest BCUT2D eigenvalue weighted by molar-refractivity contribution is 5.97. The first-order valence-corrected chi connectivity index (χ1v) is 9.61. The zero-order chi connectivity index (χ0) is 20.8. The van der Waals surface area contributed by atoms with Gasteiger partial charge in [0.25, 0.3) is 5.91 Å². The van der Waals surface area contributed by atoms with Crippen LogP contribution in [-0.4, -0.2) is 40.8 Å². The van der Waals surface area contributed by atoms with Crippen LogP contribution in [0, 0.1) is 0 Å². The van der Waals surface area contributed by atoms with E-state index >= 15 is 0 Å². The quantitative estimate of drug-likeness (QED) is 0.457. The fraction of sp³-hybridized carbons (Fsp3) is 0.174. The molecule has 0 bridgehead atoms. The first-order valence-electron chi connectivity index (χ1n) is 9.61. The number of nitrogens with one attached hydrogen (secondary N) is 1. The van der Waals surface area contributed by atoms with Gasteiger partial charge in [-0.15, -0.1) is 0 Å². The molecule has 30 heavy (non-hydrogen) atoms. The zero-order valence-electron chi connectivity index (χ0n) is 16.6. The van der Waals surface area contributed by atoms with Gasteiger partial charge in [0, 0.05) is 37.3 Å². The number of pyridine rings is 1. The van der Waals surface area contributed by atoms with E-state index in [1.165, 1.54) is 0 Å². The van der Waals surface area contributed by atoms with Crippen LogP contribution in [0.5, 0.6) is 5.75 Å². The number of benzene rings is 2. The number of rotatable bonds is 8. The molecule has 0 aliphatic rings. The van der Waals surface area contributed by atoms with Gasteiger partial charge in [0.05, 0.1) is 17.6 Å². The molecule has 0 saturated carbocycles. The minimum atomic E-state index is -0.145. The van der Waals surface area contributed by atoms with E-state index in [1.54, 1.807) is 38.0 Å². The van der Waals surface area contributed by atoms with Gasteiger partial charge >= 0.3 is 0 Å². The average molecular weight is 402 g/mol. The molecule has 4 rings (SSSR count). The number of methoxy groups -OCH3 is 1. The molecule has 0 saturated heterocycles. The van der Waals surface area contributed by atoms with Crippen LogP contribution in [0.25, 0.3) is 16.7 Å². The number of amides is 1. The van der Waals surface area contributed by atoms with Crippen molar-refractivity contribution in [2.45, 2.75) is 6.54 Å². The van der Waals surface area contributed by atoms with Crippen molar-refractivity contribution < 1.29 is 14.3 Å². The van der Waals surface area contributed by atoms with E-state index in [-0.39, 0.29) is 5.91 Å². The summed E-state index contributed by atoms with van der Waals surface area (Å²) in [6.45, 7) is 1.49. The Morgan fingerprint density at radius 3 is 2.73 bits per heavy atom. The lowest BCUT2D eigenvalue weighted by atomic mass is 10.1. The molecule has 4 aromatic rings. The van der Waals surface area contributed by atoms with Gasteiger partial charge in [-0.3, -0.25) is 14.3 Å². The standard InChI is InChI=1S/C23H22N4O3/c1-29-11-12-30-20-7-5-19(6-8-20)27-16-26-21-13-18(4-9-22(21)27)23(28)25-15-17-3-2-10-24-14-17/h2-10,13-14,16H,11-12,15H2,1H3,(H,25,28). The van der Waals surface area contributed by atoms with Gasteiger partial charge in [0.1, 0.15) is 18.7 Å². The van der Waals surface area contributed by atoms with E-state index in [0.717, 1.165) is 28.0 Å². The second-order valence-electron chi connectivity index (χ2n) is 6.70. The van der Waals surface area contributed by atoms with Crippen LogP contribution >= 0.6 is 0 Å². The van der Waals surface area contributed by atoms with Crippen molar-refractivity contribution in [3.63, 3.8) is 0 Å². The van der Waals surface area contributed by atoms with Crippen LogP contribution in [-0.2, 0) is 11.3 Å². The van der Waals surface area contributed by atoms with Crippen molar-refractivity contribution in [3.05, 3.63) is 84.4 Å². The highest BCUT2D eigenvalue weighted by Gasteiger charge is 2.10. The molecule has 0 fully saturated rings. The normalized spacial score (nSPS) is 10.8. The Balaban J connectivity index is 1.47. The number of hydrogen-bond acceptors (Lipinski definition) is 5. The lowest BCUT2D eigenvalue weighted by Gasteiger charge is -2.08. The molecule has 2 aromatic heterocycles. The molecule has 7 heteroatoms. The van der Waals surface area contributed by atoms with Gasteiger partial charge in [-0.25, -0.2) is 4.98 Å². The summed E-state index contributed by atoms with van der Waals surface area (Å²) in [5, 5.41) is 2.91. The minimum absolute atomic E-state index is 0.145. The highest BCUT2D eigenvalue weighted by Crippen LogP contribution is 2.21. The Kier molecular flexibility index (Phi) is 6.01. The number of fused-ring (bicyclic) bond motifs is 1. The van der Waals surface area contributed by atoms with Gasteiger partial charge in [0.2, 0.25) is 0 Å². The van der Waals surface area contributed by atoms with Gasteiger partial charge in [-0.2, -0.15) is 0 Å². The molecule has 1 amide bonds. The van der Waals surface area contributed by atoms with Crippen molar-refractivity contribution in [1.82, 2.24) is 19.9 Å². The monoisotopic (exact) mass is 402 g/mol. The van der Waals surface area contributed by atoms with E-state index in [9.17, 15) is 4.79 Å². The predicted octanol–water partition coefficient (Wildman–Crippen LogP) is 3.38. The average Bonchev–Trinajstić information content (AvgIpc) is 3.22. The first-order chi connectivity index (χ1) is 14.7. The molecular formula is C23H22N4O3. The smallest absolute Gasteiger partial charge is 0.251 e. The fourth-order valence-electron chi connectivity index (χ4n) is 3.09. The molecule has 0 atom stereocenters. The summed E-state index contributed by atoms with van der Waals surface area (Å²) >= 11 is 0. The molecular weight excluding hydrogens is 380 g/mol. The first kappa shape index (κ1) is 19.6. The van der Waals surface area contributed by atoms with Gasteiger partial charge < -0.3 is 14.8 Å². The maximum atomic E-state index is 12.5. The maximum absolute atomic E-state index is 12.5. The van der Waals surface area contributed by atoms with E-state index in [2.05, 4.69) is 15.3 Å². The van der Waals surface area contributed by atoms with Crippen LogP contribution in [0.15, 0.2) is 73.3 Å². The van der Waals surface area contributed by atoms with Crippen molar-refractivity contribution in [3.8, 4) is 11.4 Å². The van der Waals surface area contributed by atoms with Crippen LogP contribution in [0.3, 0.4) is 0 Å². The van der Waals surface area contributed by atoms with Crippen molar-refractivity contribution in [1.29, 1.82) is 0 Å². The summed E-state index contributed by atoms with van der Waals surface area (Å²) in [7, 11) is 1.65. The lowest BCUT2D eigenvalue weighted by Crippen LogP contribution is -2.22. The Bertz CT molecular complexity index is 1120. The predicted molar refractivity (Wildman–Crippen MR) is 114 cm³/mol. The van der Waals surface area contributed by atoms with Crippen molar-refractivity contribution in [2.75, 3.05) is 20.3 Å². The van der Waals surface area contributed by atoms with E-state index in [1.807, 2.05) is 47.0 Å². The number of nitrogens with zero attached hydrogens (tertiary/aromatic N) is 3. The molecule has 152 valence electrons. The lowest BCUT2D eigenvalue weighted by molar-refractivity contribution is 0.0951. The summed E-state index contributed by atoms with van der Waals surface area (Å²) in [4.78, 5) is 21.0. The molecule has 0 radical (unpaired) electrons. The number of aromatic nitrogens is 3. The van der Waals surface area contributed by atoms with Crippen LogP contribution in [0.1, 0.15) is 15.9 Å². The minimum Gasteiger partial charge on any atom is -0.491 e. The largest absolute Gasteiger partial charge is 0.491 e. The number of hydrogen-bond donors (Lipinski definition) is 1. The Morgan fingerprint density at radius 1 is 1.10 bits per heavy atom. The highest BCUT2D eigenvalue weighted by atomic mass is 16.5. The van der Waals surface area contributed by atoms with Gasteiger partial charge in [0.15, 0.2) is 0 Å². The SMILES string of the molecule is COCCOc1ccc(-n2cnc3cc(C(=O)NCc4cccnc4)ccc32)cc1. The van der Waals surface area contributed by atoms with Crippen LogP contribution < -0.4 is 10.1 Å². The molecule has 0 spiro atoms. The summed E-state index contributed by atoms with van der Waals surface area (Å²) in [6.07, 6.45) is 5.19. The molecule has 2 heterocycles. The van der Waals surface area contributed by atoms with Crippen LogP contribution in [0.2, 0.25) is 0 Å². The van der Waals surface area contributed by atoms with Crippen LogP contribution in [0.4, 0.5) is 0 Å². The van der Waals surface area contributed by atoms with E-state index in [0.29, 0.717) is 25.3 Å². The summed E-state index contributed by atoms with van der Waals surface area (Å²) in [6, 6.07) is 17.0. The third-order valence-corrected chi connectivity index (χ3v) is 4.66. The topological polar surface area (TPSA) is 78.3 Å². The van der Waals surface area contributed by atoms with Crippen molar-refractivity contribution in [2.24, 2.45) is 0 Å². The number of carbonyl (C=O) groups is 1. The number of ether oxygens (including phenoxy) is 2. The molecule has 7 nitrogen and oxygen atoms in total. The molecule has 0 aliphatic heterocycles. The molecule has 1 N–H and O–H groups in total. The second kappa shape index (κ2) is 9.19. The Hall–Kier alpha value is -3.71. The molecule has 0 unspecified atom stereocenters. The van der Waals surface area contributed by atoms with E-state index < -0.39 is 0 Å². The molecule has 0 aliphatic carbocycles. The Labute approximate surface area is 174 Å². The Morgan fingerprint density at radius 2 is 1.97 bits per heavy atom. The molecule has 2 aromatic carbocycles.